The smallest absolute Gasteiger partial charge is 0.215 e. The molecule has 0 saturated carbocycles. The molecule has 0 saturated heterocycles. The Kier molecular flexibility index (Phi) is 3.18. The largest absolute Gasteiger partial charge is 0.501 e. The molecule has 0 amide bonds. The van der Waals surface area contributed by atoms with Crippen molar-refractivity contribution in [3.8, 4) is 0 Å². The minimum absolute atomic E-state index is 0.155. The van der Waals surface area contributed by atoms with Gasteiger partial charge in [0.2, 0.25) is 0 Å². The third kappa shape index (κ3) is 3.09. The van der Waals surface area contributed by atoms with E-state index >= 15 is 0 Å². The Morgan fingerprint density at radius 2 is 1.60 bits per heavy atom. The number of rotatable bonds is 2. The number of benzene rings is 1. The zero-order valence-corrected chi connectivity index (χ0v) is 8.22. The molecule has 82 valence electrons. The van der Waals surface area contributed by atoms with E-state index in [2.05, 4.69) is 0 Å². The van der Waals surface area contributed by atoms with Crippen molar-refractivity contribution in [2.24, 2.45) is 0 Å². The van der Waals surface area contributed by atoms with Crippen LogP contribution in [0.4, 0.5) is 13.2 Å². The summed E-state index contributed by atoms with van der Waals surface area (Å²) >= 11 is 0. The number of hydrogen-bond donors (Lipinski definition) is 0. The molecule has 1 rings (SSSR count). The lowest BCUT2D eigenvalue weighted by atomic mass is 10.2. The molecule has 0 radical (unpaired) electrons. The van der Waals surface area contributed by atoms with Crippen LogP contribution in [0.1, 0.15) is 5.56 Å². The fourth-order valence-electron chi connectivity index (χ4n) is 0.809. The number of hydrogen-bond acceptors (Lipinski definition) is 2. The summed E-state index contributed by atoms with van der Waals surface area (Å²) in [5.74, 6) is 0. The van der Waals surface area contributed by atoms with Gasteiger partial charge in [-0.3, -0.25) is 0 Å². The highest BCUT2D eigenvalue weighted by molar-refractivity contribution is 7.95. The van der Waals surface area contributed by atoms with Crippen LogP contribution in [0.3, 0.4) is 0 Å². The van der Waals surface area contributed by atoms with Crippen molar-refractivity contribution < 1.29 is 21.6 Å². The Morgan fingerprint density at radius 1 is 1.07 bits per heavy atom. The molecule has 0 fully saturated rings. The van der Waals surface area contributed by atoms with E-state index in [1.165, 1.54) is 12.1 Å². The molecule has 0 bridgehead atoms. The van der Waals surface area contributed by atoms with Gasteiger partial charge in [-0.1, -0.05) is 30.3 Å². The maximum atomic E-state index is 11.9. The van der Waals surface area contributed by atoms with Crippen LogP contribution in [0.5, 0.6) is 0 Å². The lowest BCUT2D eigenvalue weighted by Crippen LogP contribution is -2.20. The van der Waals surface area contributed by atoms with Gasteiger partial charge >= 0.3 is 5.51 Å². The maximum Gasteiger partial charge on any atom is 0.501 e. The predicted octanol–water partition coefficient (Wildman–Crippen LogP) is 2.59. The highest BCUT2D eigenvalue weighted by atomic mass is 32.2. The van der Waals surface area contributed by atoms with Crippen LogP contribution in [-0.4, -0.2) is 13.9 Å². The Hall–Kier alpha value is -1.30. The molecule has 6 heteroatoms. The third-order valence-corrected chi connectivity index (χ3v) is 2.70. The van der Waals surface area contributed by atoms with Gasteiger partial charge in [-0.2, -0.15) is 13.2 Å². The molecular formula is C9H7F3O2S. The van der Waals surface area contributed by atoms with Gasteiger partial charge in [0.1, 0.15) is 0 Å². The van der Waals surface area contributed by atoms with Gasteiger partial charge in [-0.15, -0.1) is 0 Å². The summed E-state index contributed by atoms with van der Waals surface area (Å²) in [6.07, 6.45) is 0.906. The fraction of sp³-hybridized carbons (Fsp3) is 0.111. The summed E-state index contributed by atoms with van der Waals surface area (Å²) in [5.41, 5.74) is -4.84. The number of alkyl halides is 3. The summed E-state index contributed by atoms with van der Waals surface area (Å²) in [5, 5.41) is 0.155. The van der Waals surface area contributed by atoms with Crippen molar-refractivity contribution in [2.45, 2.75) is 5.51 Å². The van der Waals surface area contributed by atoms with Gasteiger partial charge in [-0.25, -0.2) is 8.42 Å². The molecule has 1 aromatic rings. The second-order valence-corrected chi connectivity index (χ2v) is 4.53. The maximum absolute atomic E-state index is 11.9. The highest BCUT2D eigenvalue weighted by Gasteiger charge is 2.43. The van der Waals surface area contributed by atoms with E-state index in [0.717, 1.165) is 6.08 Å². The van der Waals surface area contributed by atoms with Crippen LogP contribution < -0.4 is 0 Å². The normalized spacial score (nSPS) is 13.3. The molecule has 0 unspecified atom stereocenters. The summed E-state index contributed by atoms with van der Waals surface area (Å²) in [4.78, 5) is 0. The number of sulfone groups is 1. The van der Waals surface area contributed by atoms with Crippen molar-refractivity contribution in [3.05, 3.63) is 41.3 Å². The molecule has 0 aliphatic rings. The molecule has 0 aliphatic heterocycles. The second-order valence-electron chi connectivity index (χ2n) is 2.70. The van der Waals surface area contributed by atoms with E-state index in [4.69, 9.17) is 0 Å². The summed E-state index contributed by atoms with van der Waals surface area (Å²) in [6, 6.07) is 7.88. The zero-order chi connectivity index (χ0) is 11.5. The van der Waals surface area contributed by atoms with E-state index < -0.39 is 15.3 Å². The highest BCUT2D eigenvalue weighted by Crippen LogP contribution is 2.25. The first-order valence-corrected chi connectivity index (χ1v) is 5.42. The fourth-order valence-corrected chi connectivity index (χ4v) is 1.30. The zero-order valence-electron chi connectivity index (χ0n) is 7.40. The summed E-state index contributed by atoms with van der Waals surface area (Å²) < 4.78 is 56.9. The minimum Gasteiger partial charge on any atom is -0.215 e. The average molecular weight is 236 g/mol. The average Bonchev–Trinajstić information content (AvgIpc) is 2.15. The molecule has 15 heavy (non-hydrogen) atoms. The van der Waals surface area contributed by atoms with E-state index in [0.29, 0.717) is 5.56 Å². The van der Waals surface area contributed by atoms with Crippen molar-refractivity contribution in [3.63, 3.8) is 0 Å². The minimum atomic E-state index is -5.24. The van der Waals surface area contributed by atoms with Gasteiger partial charge < -0.3 is 0 Å². The lowest BCUT2D eigenvalue weighted by Gasteiger charge is -2.02. The monoisotopic (exact) mass is 236 g/mol. The molecule has 0 atom stereocenters. The molecule has 0 aromatic heterocycles. The SMILES string of the molecule is O=S(=O)(/C=C/c1ccccc1)C(F)(F)F. The van der Waals surface area contributed by atoms with Crippen LogP contribution in [-0.2, 0) is 9.84 Å². The van der Waals surface area contributed by atoms with E-state index in [9.17, 15) is 21.6 Å². The Labute approximate surface area is 85.0 Å². The third-order valence-electron chi connectivity index (χ3n) is 1.56. The van der Waals surface area contributed by atoms with E-state index in [-0.39, 0.29) is 5.41 Å². The summed E-state index contributed by atoms with van der Waals surface area (Å²) in [6.45, 7) is 0. The van der Waals surface area contributed by atoms with Crippen molar-refractivity contribution >= 4 is 15.9 Å². The molecule has 0 N–H and O–H groups in total. The molecule has 0 aliphatic carbocycles. The van der Waals surface area contributed by atoms with Crippen molar-refractivity contribution in [1.29, 1.82) is 0 Å². The van der Waals surface area contributed by atoms with Gasteiger partial charge in [0.15, 0.2) is 0 Å². The quantitative estimate of drug-likeness (QED) is 0.790. The predicted molar refractivity (Wildman–Crippen MR) is 50.5 cm³/mol. The van der Waals surface area contributed by atoms with Crippen LogP contribution >= 0.6 is 0 Å². The molecule has 2 nitrogen and oxygen atoms in total. The van der Waals surface area contributed by atoms with Crippen LogP contribution in [0.2, 0.25) is 0 Å². The van der Waals surface area contributed by atoms with Crippen LogP contribution in [0.15, 0.2) is 35.7 Å². The van der Waals surface area contributed by atoms with E-state index in [1.807, 2.05) is 0 Å². The molecule has 0 heterocycles. The molecule has 1 aromatic carbocycles. The Balaban J connectivity index is 2.93. The van der Waals surface area contributed by atoms with Crippen molar-refractivity contribution in [2.75, 3.05) is 0 Å². The topological polar surface area (TPSA) is 34.1 Å². The number of halogens is 3. The van der Waals surface area contributed by atoms with Gasteiger partial charge in [0.05, 0.1) is 0 Å². The van der Waals surface area contributed by atoms with Crippen LogP contribution in [0, 0.1) is 0 Å². The van der Waals surface area contributed by atoms with Gasteiger partial charge in [-0.05, 0) is 11.6 Å². The Bertz CT molecular complexity index is 446. The van der Waals surface area contributed by atoms with Gasteiger partial charge in [0.25, 0.3) is 9.84 Å². The second kappa shape index (κ2) is 4.06. The van der Waals surface area contributed by atoms with Crippen LogP contribution in [0.25, 0.3) is 6.08 Å². The first-order valence-electron chi connectivity index (χ1n) is 3.87. The first-order chi connectivity index (χ1) is 6.83. The molecular weight excluding hydrogens is 229 g/mol. The lowest BCUT2D eigenvalue weighted by molar-refractivity contribution is -0.0423. The standard InChI is InChI=1S/C9H7F3O2S/c10-9(11,12)15(13,14)7-6-8-4-2-1-3-5-8/h1-7H/b7-6+. The Morgan fingerprint density at radius 3 is 2.07 bits per heavy atom. The summed E-state index contributed by atoms with van der Waals surface area (Å²) in [7, 11) is -5.18. The first kappa shape index (κ1) is 11.8. The van der Waals surface area contributed by atoms with E-state index in [1.54, 1.807) is 18.2 Å². The van der Waals surface area contributed by atoms with Crippen molar-refractivity contribution in [1.82, 2.24) is 0 Å². The molecule has 0 spiro atoms. The van der Waals surface area contributed by atoms with Gasteiger partial charge in [0, 0.05) is 5.41 Å².